The van der Waals surface area contributed by atoms with Crippen LogP contribution in [0.3, 0.4) is 0 Å². The zero-order chi connectivity index (χ0) is 19.5. The molecule has 166 valence electrons. The van der Waals surface area contributed by atoms with Gasteiger partial charge < -0.3 is 6.15 Å². The Morgan fingerprint density at radius 2 is 0.926 bits per heavy atom. The Kier molecular flexibility index (Phi) is 22.9. The topological polar surface area (TPSA) is 35.0 Å². The molecule has 0 aliphatic carbocycles. The lowest BCUT2D eigenvalue weighted by Gasteiger charge is -2.36. The van der Waals surface area contributed by atoms with Crippen molar-refractivity contribution in [1.29, 1.82) is 0 Å². The quantitative estimate of drug-likeness (QED) is 0.159. The van der Waals surface area contributed by atoms with E-state index >= 15 is 0 Å². The van der Waals surface area contributed by atoms with Crippen molar-refractivity contribution in [2.75, 3.05) is 0 Å². The van der Waals surface area contributed by atoms with Crippen molar-refractivity contribution in [3.8, 4) is 0 Å². The molecular weight excluding hydrogens is 350 g/mol. The molecule has 0 spiro atoms. The van der Waals surface area contributed by atoms with Gasteiger partial charge in [0.05, 0.1) is 0 Å². The van der Waals surface area contributed by atoms with Crippen LogP contribution in [0.5, 0.6) is 0 Å². The molecule has 0 amide bonds. The van der Waals surface area contributed by atoms with Crippen LogP contribution in [-0.4, -0.2) is 4.87 Å². The Balaban J connectivity index is 0. The van der Waals surface area contributed by atoms with Gasteiger partial charge in [-0.15, -0.1) is 11.6 Å². The summed E-state index contributed by atoms with van der Waals surface area (Å²) in [6, 6.07) is 0. The maximum atomic E-state index is 7.37. The van der Waals surface area contributed by atoms with E-state index in [2.05, 4.69) is 27.7 Å². The molecule has 0 rings (SSSR count). The summed E-state index contributed by atoms with van der Waals surface area (Å²) in [6.07, 6.45) is 25.7. The molecule has 0 fully saturated rings. The molecule has 1 atom stereocenters. The van der Waals surface area contributed by atoms with E-state index in [4.69, 9.17) is 11.6 Å². The van der Waals surface area contributed by atoms with Crippen LogP contribution in [0, 0.1) is 5.92 Å². The van der Waals surface area contributed by atoms with Crippen LogP contribution in [0.25, 0.3) is 0 Å². The van der Waals surface area contributed by atoms with E-state index in [-0.39, 0.29) is 11.0 Å². The van der Waals surface area contributed by atoms with Crippen molar-refractivity contribution in [2.45, 2.75) is 155 Å². The van der Waals surface area contributed by atoms with Gasteiger partial charge in [0.2, 0.25) is 0 Å². The van der Waals surface area contributed by atoms with Crippen LogP contribution in [0.15, 0.2) is 0 Å². The van der Waals surface area contributed by atoms with E-state index in [1.165, 1.54) is 122 Å². The molecule has 0 heterocycles. The van der Waals surface area contributed by atoms with Crippen molar-refractivity contribution >= 4 is 11.6 Å². The Morgan fingerprint density at radius 3 is 1.30 bits per heavy atom. The van der Waals surface area contributed by atoms with Gasteiger partial charge in [-0.3, -0.25) is 0 Å². The monoisotopic (exact) mass is 403 g/mol. The van der Waals surface area contributed by atoms with E-state index in [1.807, 2.05) is 0 Å². The van der Waals surface area contributed by atoms with E-state index in [9.17, 15) is 0 Å². The number of unbranched alkanes of at least 4 members (excludes halogenated alkanes) is 12. The van der Waals surface area contributed by atoms with Crippen LogP contribution in [0.1, 0.15) is 150 Å². The van der Waals surface area contributed by atoms with Gasteiger partial charge in [-0.05, 0) is 25.2 Å². The van der Waals surface area contributed by atoms with Crippen LogP contribution in [-0.2, 0) is 0 Å². The fourth-order valence-corrected chi connectivity index (χ4v) is 4.93. The van der Waals surface area contributed by atoms with Gasteiger partial charge in [0.15, 0.2) is 0 Å². The number of alkyl halides is 1. The number of rotatable bonds is 20. The second-order valence-electron chi connectivity index (χ2n) is 8.67. The number of hydrogen-bond acceptors (Lipinski definition) is 1. The van der Waals surface area contributed by atoms with Gasteiger partial charge in [0.1, 0.15) is 0 Å². The van der Waals surface area contributed by atoms with Crippen LogP contribution < -0.4 is 6.15 Å². The van der Waals surface area contributed by atoms with E-state index in [0.29, 0.717) is 0 Å². The molecule has 0 aromatic rings. The highest BCUT2D eigenvalue weighted by Gasteiger charge is 2.34. The standard InChI is InChI=1S/C25H51Cl.H3N/c1-5-9-12-15-18-21-24(8-4)25(26,22-19-16-13-10-6-2)23-20-17-14-11-7-3;/h24H,5-23H2,1-4H3;1H3. The Bertz CT molecular complexity index is 265. The molecule has 0 aromatic carbocycles. The first-order valence-electron chi connectivity index (χ1n) is 12.3. The second kappa shape index (κ2) is 21.0. The summed E-state index contributed by atoms with van der Waals surface area (Å²) in [5, 5.41) is 0. The minimum absolute atomic E-state index is 0. The van der Waals surface area contributed by atoms with E-state index < -0.39 is 0 Å². The van der Waals surface area contributed by atoms with Crippen LogP contribution >= 0.6 is 11.6 Å². The summed E-state index contributed by atoms with van der Waals surface area (Å²) in [5.74, 6) is 0.725. The maximum Gasteiger partial charge on any atom is 0.0474 e. The first-order valence-corrected chi connectivity index (χ1v) is 12.7. The lowest BCUT2D eigenvalue weighted by molar-refractivity contribution is 0.277. The molecule has 0 radical (unpaired) electrons. The molecule has 2 heteroatoms. The molecule has 1 nitrogen and oxygen atoms in total. The predicted octanol–water partition coefficient (Wildman–Crippen LogP) is 10.2. The average molecular weight is 404 g/mol. The highest BCUT2D eigenvalue weighted by Crippen LogP contribution is 2.41. The minimum Gasteiger partial charge on any atom is -0.344 e. The smallest absolute Gasteiger partial charge is 0.0474 e. The SMILES string of the molecule is CCCCCCCC(CC)C(Cl)(CCCCCCC)CCCCCCC.N. The number of halogens is 1. The van der Waals surface area contributed by atoms with E-state index in [0.717, 1.165) is 5.92 Å². The van der Waals surface area contributed by atoms with Gasteiger partial charge in [-0.1, -0.05) is 130 Å². The van der Waals surface area contributed by atoms with Crippen molar-refractivity contribution in [3.63, 3.8) is 0 Å². The lowest BCUT2D eigenvalue weighted by Crippen LogP contribution is -2.32. The third-order valence-corrected chi connectivity index (χ3v) is 6.96. The molecule has 1 unspecified atom stereocenters. The summed E-state index contributed by atoms with van der Waals surface area (Å²) in [7, 11) is 0. The summed E-state index contributed by atoms with van der Waals surface area (Å²) < 4.78 is 0. The highest BCUT2D eigenvalue weighted by molar-refractivity contribution is 6.24. The van der Waals surface area contributed by atoms with Crippen LogP contribution in [0.2, 0.25) is 0 Å². The molecule has 0 saturated carbocycles. The third-order valence-electron chi connectivity index (χ3n) is 6.27. The lowest BCUT2D eigenvalue weighted by atomic mass is 9.78. The summed E-state index contributed by atoms with van der Waals surface area (Å²) in [5.41, 5.74) is 0. The van der Waals surface area contributed by atoms with Crippen molar-refractivity contribution < 1.29 is 0 Å². The van der Waals surface area contributed by atoms with Gasteiger partial charge in [-0.25, -0.2) is 0 Å². The van der Waals surface area contributed by atoms with E-state index in [1.54, 1.807) is 0 Å². The Labute approximate surface area is 178 Å². The first kappa shape index (κ1) is 29.5. The predicted molar refractivity (Wildman–Crippen MR) is 128 cm³/mol. The largest absolute Gasteiger partial charge is 0.344 e. The Morgan fingerprint density at radius 1 is 0.556 bits per heavy atom. The van der Waals surface area contributed by atoms with Gasteiger partial charge in [-0.2, -0.15) is 0 Å². The summed E-state index contributed by atoms with van der Waals surface area (Å²) in [6.45, 7) is 9.28. The normalized spacial score (nSPS) is 12.8. The highest BCUT2D eigenvalue weighted by atomic mass is 35.5. The third kappa shape index (κ3) is 15.8. The molecule has 0 aromatic heterocycles. The van der Waals surface area contributed by atoms with Gasteiger partial charge in [0, 0.05) is 4.87 Å². The van der Waals surface area contributed by atoms with Crippen molar-refractivity contribution in [1.82, 2.24) is 6.15 Å². The fraction of sp³-hybridized carbons (Fsp3) is 1.00. The minimum atomic E-state index is 0. The Hall–Kier alpha value is 0.250. The van der Waals surface area contributed by atoms with Gasteiger partial charge >= 0.3 is 0 Å². The van der Waals surface area contributed by atoms with Gasteiger partial charge in [0.25, 0.3) is 0 Å². The zero-order valence-corrected chi connectivity index (χ0v) is 20.4. The molecular formula is C25H54ClN. The van der Waals surface area contributed by atoms with Crippen molar-refractivity contribution in [2.24, 2.45) is 5.92 Å². The van der Waals surface area contributed by atoms with Crippen molar-refractivity contribution in [3.05, 3.63) is 0 Å². The average Bonchev–Trinajstić information content (AvgIpc) is 2.64. The molecule has 3 N–H and O–H groups in total. The molecule has 0 saturated heterocycles. The first-order chi connectivity index (χ1) is 12.6. The zero-order valence-electron chi connectivity index (χ0n) is 19.6. The second-order valence-corrected chi connectivity index (χ2v) is 9.42. The molecule has 0 aliphatic rings. The summed E-state index contributed by atoms with van der Waals surface area (Å²) in [4.78, 5) is 0.0813. The molecule has 0 aliphatic heterocycles. The fourth-order valence-electron chi connectivity index (χ4n) is 4.40. The number of hydrogen-bond donors (Lipinski definition) is 1. The molecule has 0 bridgehead atoms. The maximum absolute atomic E-state index is 7.37. The summed E-state index contributed by atoms with van der Waals surface area (Å²) >= 11 is 7.37. The van der Waals surface area contributed by atoms with Crippen LogP contribution in [0.4, 0.5) is 0 Å². The molecule has 27 heavy (non-hydrogen) atoms.